The summed E-state index contributed by atoms with van der Waals surface area (Å²) in [5, 5.41) is 0. The van der Waals surface area contributed by atoms with Crippen molar-refractivity contribution in [2.24, 2.45) is 0 Å². The Labute approximate surface area is 82.9 Å². The molecule has 1 unspecified atom stereocenters. The van der Waals surface area contributed by atoms with Crippen LogP contribution in [0.15, 0.2) is 0 Å². The Morgan fingerprint density at radius 1 is 1.15 bits per heavy atom. The normalized spacial score (nSPS) is 21.2. The maximum Gasteiger partial charge on any atom is 0.0113 e. The monoisotopic (exact) mass is 183 g/mol. The van der Waals surface area contributed by atoms with E-state index in [-0.39, 0.29) is 0 Å². The average Bonchev–Trinajstić information content (AvgIpc) is 2.21. The molecule has 1 aliphatic rings. The van der Waals surface area contributed by atoms with E-state index >= 15 is 0 Å². The first-order chi connectivity index (χ1) is 6.31. The smallest absolute Gasteiger partial charge is 0.0113 e. The topological polar surface area (TPSA) is 6.48 Å². The van der Waals surface area contributed by atoms with E-state index in [1.807, 2.05) is 0 Å². The molecular formula is C11H23N2. The molecule has 0 bridgehead atoms. The number of likely N-dealkylation sites (N-methyl/N-ethyl adjacent to an activating group) is 1. The number of nitrogens with zero attached hydrogens (tertiary/aromatic N) is 2. The molecule has 0 aromatic heterocycles. The summed E-state index contributed by atoms with van der Waals surface area (Å²) < 4.78 is 0. The maximum atomic E-state index is 4.02. The SMILES string of the molecule is [CH2]CC(CC)N1CCN(CC)CC1. The molecule has 0 N–H and O–H groups in total. The molecule has 1 heterocycles. The van der Waals surface area contributed by atoms with Gasteiger partial charge < -0.3 is 4.90 Å². The second kappa shape index (κ2) is 5.61. The molecule has 2 nitrogen and oxygen atoms in total. The number of piperazine rings is 1. The van der Waals surface area contributed by atoms with Crippen LogP contribution in [0.1, 0.15) is 26.7 Å². The molecule has 1 aliphatic heterocycles. The van der Waals surface area contributed by atoms with Gasteiger partial charge in [0.2, 0.25) is 0 Å². The third kappa shape index (κ3) is 2.96. The summed E-state index contributed by atoms with van der Waals surface area (Å²) in [6.07, 6.45) is 2.30. The Balaban J connectivity index is 2.30. The van der Waals surface area contributed by atoms with Gasteiger partial charge in [0.05, 0.1) is 0 Å². The van der Waals surface area contributed by atoms with E-state index in [1.54, 1.807) is 0 Å². The molecule has 0 saturated carbocycles. The van der Waals surface area contributed by atoms with Crippen molar-refractivity contribution >= 4 is 0 Å². The first-order valence-corrected chi connectivity index (χ1v) is 5.57. The number of hydrogen-bond acceptors (Lipinski definition) is 2. The van der Waals surface area contributed by atoms with Gasteiger partial charge in [0.15, 0.2) is 0 Å². The Kier molecular flexibility index (Phi) is 4.74. The van der Waals surface area contributed by atoms with E-state index < -0.39 is 0 Å². The van der Waals surface area contributed by atoms with E-state index in [2.05, 4.69) is 30.6 Å². The quantitative estimate of drug-likeness (QED) is 0.653. The fraction of sp³-hybridized carbons (Fsp3) is 0.909. The third-order valence-electron chi connectivity index (χ3n) is 3.17. The zero-order valence-electron chi connectivity index (χ0n) is 9.13. The zero-order valence-corrected chi connectivity index (χ0v) is 9.13. The van der Waals surface area contributed by atoms with Crippen LogP contribution >= 0.6 is 0 Å². The van der Waals surface area contributed by atoms with Crippen LogP contribution in [0, 0.1) is 6.92 Å². The summed E-state index contributed by atoms with van der Waals surface area (Å²) >= 11 is 0. The van der Waals surface area contributed by atoms with Gasteiger partial charge in [-0.2, -0.15) is 0 Å². The van der Waals surface area contributed by atoms with Crippen LogP contribution in [0.4, 0.5) is 0 Å². The Hall–Kier alpha value is -0.0800. The van der Waals surface area contributed by atoms with Crippen molar-refractivity contribution in [3.63, 3.8) is 0 Å². The van der Waals surface area contributed by atoms with E-state index in [0.717, 1.165) is 12.5 Å². The number of rotatable bonds is 4. The molecular weight excluding hydrogens is 160 g/mol. The van der Waals surface area contributed by atoms with Crippen LogP contribution in [0.3, 0.4) is 0 Å². The fourth-order valence-corrected chi connectivity index (χ4v) is 2.09. The minimum atomic E-state index is 0.721. The molecule has 1 saturated heterocycles. The second-order valence-corrected chi connectivity index (χ2v) is 3.82. The lowest BCUT2D eigenvalue weighted by atomic mass is 10.1. The van der Waals surface area contributed by atoms with Crippen molar-refractivity contribution in [1.29, 1.82) is 0 Å². The lowest BCUT2D eigenvalue weighted by Crippen LogP contribution is -2.49. The lowest BCUT2D eigenvalue weighted by molar-refractivity contribution is 0.0978. The zero-order chi connectivity index (χ0) is 9.68. The van der Waals surface area contributed by atoms with Crippen LogP contribution in [-0.4, -0.2) is 48.6 Å². The molecule has 0 aliphatic carbocycles. The van der Waals surface area contributed by atoms with Crippen molar-refractivity contribution < 1.29 is 0 Å². The van der Waals surface area contributed by atoms with Gasteiger partial charge in [-0.15, -0.1) is 0 Å². The van der Waals surface area contributed by atoms with Crippen molar-refractivity contribution in [2.45, 2.75) is 32.7 Å². The Bertz CT molecular complexity index is 124. The highest BCUT2D eigenvalue weighted by Gasteiger charge is 2.20. The second-order valence-electron chi connectivity index (χ2n) is 3.82. The predicted octanol–water partition coefficient (Wildman–Crippen LogP) is 1.63. The first kappa shape index (κ1) is 11.0. The Morgan fingerprint density at radius 2 is 1.77 bits per heavy atom. The molecule has 1 radical (unpaired) electrons. The van der Waals surface area contributed by atoms with Crippen molar-refractivity contribution in [3.05, 3.63) is 6.92 Å². The average molecular weight is 183 g/mol. The van der Waals surface area contributed by atoms with Crippen LogP contribution in [0.5, 0.6) is 0 Å². The van der Waals surface area contributed by atoms with E-state index in [0.29, 0.717) is 0 Å². The van der Waals surface area contributed by atoms with Gasteiger partial charge in [0.1, 0.15) is 0 Å². The lowest BCUT2D eigenvalue weighted by Gasteiger charge is -2.38. The highest BCUT2D eigenvalue weighted by atomic mass is 15.3. The molecule has 0 spiro atoms. The largest absolute Gasteiger partial charge is 0.301 e. The van der Waals surface area contributed by atoms with E-state index in [1.165, 1.54) is 39.1 Å². The van der Waals surface area contributed by atoms with Gasteiger partial charge >= 0.3 is 0 Å². The van der Waals surface area contributed by atoms with E-state index in [4.69, 9.17) is 0 Å². The van der Waals surface area contributed by atoms with Crippen LogP contribution < -0.4 is 0 Å². The molecule has 77 valence electrons. The summed E-state index contributed by atoms with van der Waals surface area (Å²) in [6, 6.07) is 0.721. The van der Waals surface area contributed by atoms with E-state index in [9.17, 15) is 0 Å². The van der Waals surface area contributed by atoms with Gasteiger partial charge in [-0.25, -0.2) is 0 Å². The molecule has 2 heteroatoms. The summed E-state index contributed by atoms with van der Waals surface area (Å²) in [5.41, 5.74) is 0. The fourth-order valence-electron chi connectivity index (χ4n) is 2.09. The van der Waals surface area contributed by atoms with Crippen LogP contribution in [-0.2, 0) is 0 Å². The number of hydrogen-bond donors (Lipinski definition) is 0. The molecule has 1 atom stereocenters. The van der Waals surface area contributed by atoms with Gasteiger partial charge in [0.25, 0.3) is 0 Å². The van der Waals surface area contributed by atoms with Crippen molar-refractivity contribution in [3.8, 4) is 0 Å². The maximum absolute atomic E-state index is 4.02. The third-order valence-corrected chi connectivity index (χ3v) is 3.17. The molecule has 0 aromatic rings. The van der Waals surface area contributed by atoms with Crippen molar-refractivity contribution in [1.82, 2.24) is 9.80 Å². The summed E-state index contributed by atoms with van der Waals surface area (Å²) in [6.45, 7) is 14.7. The van der Waals surface area contributed by atoms with Crippen LogP contribution in [0.25, 0.3) is 0 Å². The highest BCUT2D eigenvalue weighted by Crippen LogP contribution is 2.11. The predicted molar refractivity (Wildman–Crippen MR) is 57.7 cm³/mol. The molecule has 13 heavy (non-hydrogen) atoms. The molecule has 0 aromatic carbocycles. The summed E-state index contributed by atoms with van der Waals surface area (Å²) in [7, 11) is 0. The summed E-state index contributed by atoms with van der Waals surface area (Å²) in [5.74, 6) is 0. The molecule has 1 rings (SSSR count). The Morgan fingerprint density at radius 3 is 2.15 bits per heavy atom. The van der Waals surface area contributed by atoms with Gasteiger partial charge in [-0.3, -0.25) is 4.90 Å². The highest BCUT2D eigenvalue weighted by molar-refractivity contribution is 4.77. The van der Waals surface area contributed by atoms with Gasteiger partial charge in [-0.05, 0) is 19.4 Å². The summed E-state index contributed by atoms with van der Waals surface area (Å²) in [4.78, 5) is 5.12. The first-order valence-electron chi connectivity index (χ1n) is 5.57. The van der Waals surface area contributed by atoms with Crippen molar-refractivity contribution in [2.75, 3.05) is 32.7 Å². The minimum Gasteiger partial charge on any atom is -0.301 e. The molecule has 1 fully saturated rings. The van der Waals surface area contributed by atoms with Gasteiger partial charge in [0, 0.05) is 32.2 Å². The standard InChI is InChI=1S/C11H23N2/c1-4-11(5-2)13-9-7-12(6-3)8-10-13/h11H,1,4-10H2,2-3H3. The van der Waals surface area contributed by atoms with Gasteiger partial charge in [-0.1, -0.05) is 20.8 Å². The van der Waals surface area contributed by atoms with Crippen LogP contribution in [0.2, 0.25) is 0 Å². The minimum absolute atomic E-state index is 0.721. The molecule has 0 amide bonds.